The topological polar surface area (TPSA) is 112 Å². The fourth-order valence-electron chi connectivity index (χ4n) is 3.86. The highest BCUT2D eigenvalue weighted by molar-refractivity contribution is 6.42. The van der Waals surface area contributed by atoms with Crippen LogP contribution in [0.4, 0.5) is 22.0 Å². The third-order valence-corrected chi connectivity index (χ3v) is 6.71. The number of rotatable bonds is 11. The van der Waals surface area contributed by atoms with Gasteiger partial charge in [0.2, 0.25) is 23.5 Å². The Hall–Kier alpha value is -4.23. The lowest BCUT2D eigenvalue weighted by molar-refractivity contribution is -0.127. The Morgan fingerprint density at radius 3 is 2.29 bits per heavy atom. The Labute approximate surface area is 245 Å². The van der Waals surface area contributed by atoms with Crippen molar-refractivity contribution in [1.29, 1.82) is 0 Å². The molecule has 1 unspecified atom stereocenters. The molecule has 0 aliphatic carbocycles. The molecule has 0 aliphatic heterocycles. The standard InChI is InChI=1S/C27H20Cl2F5N5O3/c28-16-6-5-14(9-17(16)29)39-21(11-18(38-39)13-3-1-7-36-12-13)42-8-2-4-20(40)37-19(27(35)41)10-15-22(30)24(32)26(34)25(33)23(15)31/h1,3,5-7,9,11-12,19H,2,4,8,10H2,(H2,35,41)(H,37,40). The average molecular weight is 628 g/mol. The van der Waals surface area contributed by atoms with Gasteiger partial charge in [0.25, 0.3) is 0 Å². The number of halogens is 7. The molecule has 4 aromatic rings. The number of pyridine rings is 1. The highest BCUT2D eigenvalue weighted by atomic mass is 35.5. The molecule has 8 nitrogen and oxygen atoms in total. The predicted octanol–water partition coefficient (Wildman–Crippen LogP) is 5.31. The summed E-state index contributed by atoms with van der Waals surface area (Å²) in [7, 11) is 0. The van der Waals surface area contributed by atoms with Crippen molar-refractivity contribution in [3.05, 3.63) is 93.5 Å². The lowest BCUT2D eigenvalue weighted by atomic mass is 10.0. The second kappa shape index (κ2) is 13.2. The Kier molecular flexibility index (Phi) is 9.63. The van der Waals surface area contributed by atoms with Gasteiger partial charge in [-0.05, 0) is 36.8 Å². The molecule has 1 atom stereocenters. The molecule has 42 heavy (non-hydrogen) atoms. The molecule has 0 radical (unpaired) electrons. The van der Waals surface area contributed by atoms with E-state index in [0.29, 0.717) is 22.0 Å². The minimum atomic E-state index is -2.35. The zero-order valence-electron chi connectivity index (χ0n) is 21.3. The summed E-state index contributed by atoms with van der Waals surface area (Å²) in [6.45, 7) is -0.0220. The molecule has 2 amide bonds. The minimum Gasteiger partial charge on any atom is -0.478 e. The van der Waals surface area contributed by atoms with Crippen LogP contribution in [0.1, 0.15) is 18.4 Å². The van der Waals surface area contributed by atoms with Crippen LogP contribution in [0.25, 0.3) is 16.9 Å². The van der Waals surface area contributed by atoms with Crippen molar-refractivity contribution in [2.75, 3.05) is 6.61 Å². The first-order valence-electron chi connectivity index (χ1n) is 12.2. The largest absolute Gasteiger partial charge is 0.478 e. The van der Waals surface area contributed by atoms with E-state index in [1.165, 1.54) is 4.68 Å². The summed E-state index contributed by atoms with van der Waals surface area (Å²) in [5.74, 6) is -12.7. The molecule has 2 heterocycles. The van der Waals surface area contributed by atoms with E-state index < -0.39 is 58.9 Å². The Bertz CT molecular complexity index is 1610. The number of benzene rings is 2. The second-order valence-corrected chi connectivity index (χ2v) is 9.66. The number of amides is 2. The number of primary amides is 1. The van der Waals surface area contributed by atoms with Crippen LogP contribution >= 0.6 is 23.2 Å². The number of hydrogen-bond donors (Lipinski definition) is 2. The molecule has 0 bridgehead atoms. The molecule has 2 aromatic carbocycles. The summed E-state index contributed by atoms with van der Waals surface area (Å²) in [4.78, 5) is 28.3. The summed E-state index contributed by atoms with van der Waals surface area (Å²) >= 11 is 12.2. The molecule has 2 aromatic heterocycles. The van der Waals surface area contributed by atoms with E-state index in [2.05, 4.69) is 15.4 Å². The van der Waals surface area contributed by atoms with Gasteiger partial charge in [0.05, 0.1) is 28.0 Å². The maximum atomic E-state index is 14.1. The number of aromatic nitrogens is 3. The zero-order valence-corrected chi connectivity index (χ0v) is 22.8. The molecule has 0 spiro atoms. The van der Waals surface area contributed by atoms with E-state index in [1.54, 1.807) is 48.8 Å². The van der Waals surface area contributed by atoms with Gasteiger partial charge in [-0.2, -0.15) is 5.10 Å². The number of hydrogen-bond acceptors (Lipinski definition) is 5. The smallest absolute Gasteiger partial charge is 0.240 e. The molecule has 0 aliphatic rings. The fraction of sp³-hybridized carbons (Fsp3) is 0.185. The first-order chi connectivity index (χ1) is 20.0. The van der Waals surface area contributed by atoms with E-state index in [-0.39, 0.29) is 30.4 Å². The van der Waals surface area contributed by atoms with Crippen molar-refractivity contribution < 1.29 is 36.3 Å². The van der Waals surface area contributed by atoms with Gasteiger partial charge in [0.1, 0.15) is 6.04 Å². The maximum Gasteiger partial charge on any atom is 0.240 e. The summed E-state index contributed by atoms with van der Waals surface area (Å²) < 4.78 is 75.8. The van der Waals surface area contributed by atoms with Gasteiger partial charge in [-0.15, -0.1) is 0 Å². The van der Waals surface area contributed by atoms with Crippen LogP contribution in [0, 0.1) is 29.1 Å². The molecule has 0 fully saturated rings. The highest BCUT2D eigenvalue weighted by Crippen LogP contribution is 2.30. The maximum absolute atomic E-state index is 14.1. The van der Waals surface area contributed by atoms with Crippen LogP contribution in [0.15, 0.2) is 48.8 Å². The van der Waals surface area contributed by atoms with Crippen LogP contribution in [0.3, 0.4) is 0 Å². The number of nitrogens with zero attached hydrogens (tertiary/aromatic N) is 3. The Balaban J connectivity index is 1.42. The van der Waals surface area contributed by atoms with Crippen LogP contribution < -0.4 is 15.8 Å². The van der Waals surface area contributed by atoms with Crippen LogP contribution in [0.2, 0.25) is 10.0 Å². The first kappa shape index (κ1) is 30.7. The van der Waals surface area contributed by atoms with Crippen LogP contribution in [-0.4, -0.2) is 39.2 Å². The average Bonchev–Trinajstić information content (AvgIpc) is 3.40. The number of carbonyl (C=O) groups is 2. The summed E-state index contributed by atoms with van der Waals surface area (Å²) in [5.41, 5.74) is 5.68. The quantitative estimate of drug-likeness (QED) is 0.101. The van der Waals surface area contributed by atoms with Crippen molar-refractivity contribution >= 4 is 35.0 Å². The van der Waals surface area contributed by atoms with Gasteiger partial charge in [-0.1, -0.05) is 23.2 Å². The van der Waals surface area contributed by atoms with E-state index in [1.807, 2.05) is 0 Å². The summed E-state index contributed by atoms with van der Waals surface area (Å²) in [5, 5.41) is 7.32. The van der Waals surface area contributed by atoms with E-state index in [9.17, 15) is 31.5 Å². The first-order valence-corrected chi connectivity index (χ1v) is 12.9. The summed E-state index contributed by atoms with van der Waals surface area (Å²) in [6.07, 6.45) is 2.01. The normalized spacial score (nSPS) is 11.8. The van der Waals surface area contributed by atoms with Gasteiger partial charge in [-0.3, -0.25) is 14.6 Å². The number of ether oxygens (including phenoxy) is 1. The van der Waals surface area contributed by atoms with Gasteiger partial charge in [0, 0.05) is 42.4 Å². The van der Waals surface area contributed by atoms with Crippen LogP contribution in [-0.2, 0) is 16.0 Å². The molecule has 220 valence electrons. The van der Waals surface area contributed by atoms with Crippen molar-refractivity contribution in [3.8, 4) is 22.8 Å². The van der Waals surface area contributed by atoms with Crippen molar-refractivity contribution in [2.45, 2.75) is 25.3 Å². The van der Waals surface area contributed by atoms with Crippen molar-refractivity contribution in [1.82, 2.24) is 20.1 Å². The predicted molar refractivity (Wildman–Crippen MR) is 143 cm³/mol. The van der Waals surface area contributed by atoms with Crippen molar-refractivity contribution in [3.63, 3.8) is 0 Å². The molecule has 4 rings (SSSR count). The molecule has 0 saturated heterocycles. The third kappa shape index (κ3) is 6.80. The SMILES string of the molecule is NC(=O)C(Cc1c(F)c(F)c(F)c(F)c1F)NC(=O)CCCOc1cc(-c2cccnc2)nn1-c1ccc(Cl)c(Cl)c1. The summed E-state index contributed by atoms with van der Waals surface area (Å²) in [6, 6.07) is 8.27. The molecular weight excluding hydrogens is 608 g/mol. The zero-order chi connectivity index (χ0) is 30.6. The number of nitrogens with two attached hydrogens (primary N) is 1. The molecule has 15 heteroatoms. The minimum absolute atomic E-state index is 0.0220. The van der Waals surface area contributed by atoms with Gasteiger partial charge >= 0.3 is 0 Å². The second-order valence-electron chi connectivity index (χ2n) is 8.85. The van der Waals surface area contributed by atoms with E-state index in [4.69, 9.17) is 33.7 Å². The van der Waals surface area contributed by atoms with Crippen LogP contribution in [0.5, 0.6) is 5.88 Å². The van der Waals surface area contributed by atoms with E-state index in [0.717, 1.165) is 0 Å². The number of carbonyl (C=O) groups excluding carboxylic acids is 2. The Morgan fingerprint density at radius 1 is 0.976 bits per heavy atom. The van der Waals surface area contributed by atoms with Gasteiger partial charge in [0.15, 0.2) is 23.3 Å². The molecule has 0 saturated carbocycles. The lowest BCUT2D eigenvalue weighted by Gasteiger charge is -2.17. The number of nitrogens with one attached hydrogen (secondary N) is 1. The Morgan fingerprint density at radius 2 is 1.67 bits per heavy atom. The van der Waals surface area contributed by atoms with E-state index >= 15 is 0 Å². The van der Waals surface area contributed by atoms with Crippen molar-refractivity contribution in [2.24, 2.45) is 5.73 Å². The third-order valence-electron chi connectivity index (χ3n) is 5.97. The van der Waals surface area contributed by atoms with Gasteiger partial charge < -0.3 is 15.8 Å². The fourth-order valence-corrected chi connectivity index (χ4v) is 4.15. The monoisotopic (exact) mass is 627 g/mol. The molecule has 3 N–H and O–H groups in total. The highest BCUT2D eigenvalue weighted by Gasteiger charge is 2.29. The molecular formula is C27H20Cl2F5N5O3. The van der Waals surface area contributed by atoms with Gasteiger partial charge in [-0.25, -0.2) is 26.6 Å². The lowest BCUT2D eigenvalue weighted by Crippen LogP contribution is -2.46.